The highest BCUT2D eigenvalue weighted by Gasteiger charge is 2.52. The van der Waals surface area contributed by atoms with E-state index in [4.69, 9.17) is 5.73 Å². The number of amides is 3. The lowest BCUT2D eigenvalue weighted by atomic mass is 9.88. The number of piperidine rings is 1. The van der Waals surface area contributed by atoms with Crippen molar-refractivity contribution >= 4 is 11.9 Å². The molecule has 0 bridgehead atoms. The zero-order chi connectivity index (χ0) is 11.8. The Kier molecular flexibility index (Phi) is 2.86. The second-order valence-corrected chi connectivity index (χ2v) is 4.52. The zero-order valence-corrected chi connectivity index (χ0v) is 9.45. The standard InChI is InChI=1S/C10H18N4O2/c1-7(6-11)14-8(15)10(13-9(14)16)2-4-12-5-3-10/h7,12H,2-6,11H2,1H3,(H,13,16). The van der Waals surface area contributed by atoms with E-state index in [2.05, 4.69) is 10.6 Å². The van der Waals surface area contributed by atoms with Crippen molar-refractivity contribution in [3.8, 4) is 0 Å². The summed E-state index contributed by atoms with van der Waals surface area (Å²) in [6, 6.07) is -0.536. The van der Waals surface area contributed by atoms with Gasteiger partial charge in [0.15, 0.2) is 0 Å². The summed E-state index contributed by atoms with van der Waals surface area (Å²) in [6.45, 7) is 3.61. The molecule has 6 heteroatoms. The Morgan fingerprint density at radius 2 is 2.06 bits per heavy atom. The van der Waals surface area contributed by atoms with Crippen molar-refractivity contribution in [3.05, 3.63) is 0 Å². The first-order chi connectivity index (χ1) is 7.60. The van der Waals surface area contributed by atoms with Gasteiger partial charge in [0, 0.05) is 6.54 Å². The lowest BCUT2D eigenvalue weighted by Gasteiger charge is -2.31. The smallest absolute Gasteiger partial charge is 0.325 e. The Morgan fingerprint density at radius 1 is 1.44 bits per heavy atom. The Labute approximate surface area is 94.5 Å². The van der Waals surface area contributed by atoms with Gasteiger partial charge in [-0.05, 0) is 32.9 Å². The minimum absolute atomic E-state index is 0.114. The number of rotatable bonds is 2. The lowest BCUT2D eigenvalue weighted by molar-refractivity contribution is -0.133. The predicted molar refractivity (Wildman–Crippen MR) is 58.7 cm³/mol. The molecule has 3 amide bonds. The maximum absolute atomic E-state index is 12.3. The van der Waals surface area contributed by atoms with E-state index >= 15 is 0 Å². The van der Waals surface area contributed by atoms with Gasteiger partial charge < -0.3 is 16.4 Å². The molecule has 0 aromatic carbocycles. The van der Waals surface area contributed by atoms with Crippen LogP contribution in [0.3, 0.4) is 0 Å². The molecule has 2 fully saturated rings. The van der Waals surface area contributed by atoms with Crippen LogP contribution in [-0.4, -0.2) is 48.1 Å². The van der Waals surface area contributed by atoms with Gasteiger partial charge in [0.1, 0.15) is 5.54 Å². The van der Waals surface area contributed by atoms with E-state index in [1.807, 2.05) is 0 Å². The highest BCUT2D eigenvalue weighted by molar-refractivity contribution is 6.07. The van der Waals surface area contributed by atoms with Crippen molar-refractivity contribution in [2.75, 3.05) is 19.6 Å². The summed E-state index contributed by atoms with van der Waals surface area (Å²) in [7, 11) is 0. The van der Waals surface area contributed by atoms with Gasteiger partial charge in [-0.3, -0.25) is 9.69 Å². The fraction of sp³-hybridized carbons (Fsp3) is 0.800. The maximum atomic E-state index is 12.3. The quantitative estimate of drug-likeness (QED) is 0.527. The minimum Gasteiger partial charge on any atom is -0.328 e. The molecule has 16 heavy (non-hydrogen) atoms. The number of carbonyl (C=O) groups is 2. The van der Waals surface area contributed by atoms with Crippen molar-refractivity contribution in [1.82, 2.24) is 15.5 Å². The molecule has 2 saturated heterocycles. The Bertz CT molecular complexity index is 312. The molecule has 1 spiro atoms. The third-order valence-electron chi connectivity index (χ3n) is 3.43. The molecule has 90 valence electrons. The zero-order valence-electron chi connectivity index (χ0n) is 9.45. The molecule has 1 atom stereocenters. The van der Waals surface area contributed by atoms with E-state index in [1.54, 1.807) is 6.92 Å². The summed E-state index contributed by atoms with van der Waals surface area (Å²) in [6.07, 6.45) is 1.32. The Hall–Kier alpha value is -1.14. The van der Waals surface area contributed by atoms with Gasteiger partial charge in [0.25, 0.3) is 5.91 Å². The average molecular weight is 226 g/mol. The third kappa shape index (κ3) is 1.58. The van der Waals surface area contributed by atoms with Crippen LogP contribution in [0.5, 0.6) is 0 Å². The largest absolute Gasteiger partial charge is 0.328 e. The van der Waals surface area contributed by atoms with E-state index in [0.29, 0.717) is 19.4 Å². The summed E-state index contributed by atoms with van der Waals surface area (Å²) >= 11 is 0. The normalized spacial score (nSPS) is 26.0. The average Bonchev–Trinajstić information content (AvgIpc) is 2.51. The van der Waals surface area contributed by atoms with Crippen molar-refractivity contribution in [2.45, 2.75) is 31.3 Å². The molecule has 2 aliphatic heterocycles. The molecule has 2 heterocycles. The van der Waals surface area contributed by atoms with Crippen molar-refractivity contribution in [1.29, 1.82) is 0 Å². The number of nitrogens with two attached hydrogens (primary N) is 1. The Balaban J connectivity index is 2.20. The highest BCUT2D eigenvalue weighted by atomic mass is 16.2. The number of hydrogen-bond donors (Lipinski definition) is 3. The topological polar surface area (TPSA) is 87.5 Å². The van der Waals surface area contributed by atoms with E-state index in [1.165, 1.54) is 4.90 Å². The lowest BCUT2D eigenvalue weighted by Crippen LogP contribution is -2.54. The number of imide groups is 1. The van der Waals surface area contributed by atoms with Crippen LogP contribution in [0, 0.1) is 0 Å². The van der Waals surface area contributed by atoms with Crippen LogP contribution >= 0.6 is 0 Å². The molecule has 2 rings (SSSR count). The maximum Gasteiger partial charge on any atom is 0.325 e. The minimum atomic E-state index is -0.675. The SMILES string of the molecule is CC(CN)N1C(=O)NC2(CCNCC2)C1=O. The van der Waals surface area contributed by atoms with E-state index in [9.17, 15) is 9.59 Å². The van der Waals surface area contributed by atoms with E-state index in [0.717, 1.165) is 13.1 Å². The van der Waals surface area contributed by atoms with Gasteiger partial charge in [0.2, 0.25) is 0 Å². The third-order valence-corrected chi connectivity index (χ3v) is 3.43. The van der Waals surface area contributed by atoms with E-state index in [-0.39, 0.29) is 18.0 Å². The van der Waals surface area contributed by atoms with Gasteiger partial charge >= 0.3 is 6.03 Å². The van der Waals surface area contributed by atoms with Crippen LogP contribution in [-0.2, 0) is 4.79 Å². The monoisotopic (exact) mass is 226 g/mol. The summed E-state index contributed by atoms with van der Waals surface area (Å²) in [4.78, 5) is 25.3. The second-order valence-electron chi connectivity index (χ2n) is 4.52. The van der Waals surface area contributed by atoms with Gasteiger partial charge in [0.05, 0.1) is 6.04 Å². The van der Waals surface area contributed by atoms with Crippen molar-refractivity contribution in [2.24, 2.45) is 5.73 Å². The molecular formula is C10H18N4O2. The first-order valence-electron chi connectivity index (χ1n) is 5.67. The van der Waals surface area contributed by atoms with Crippen LogP contribution < -0.4 is 16.4 Å². The Morgan fingerprint density at radius 3 is 2.62 bits per heavy atom. The van der Waals surface area contributed by atoms with Crippen LogP contribution in [0.4, 0.5) is 4.79 Å². The molecule has 6 nitrogen and oxygen atoms in total. The molecular weight excluding hydrogens is 208 g/mol. The van der Waals surface area contributed by atoms with Crippen molar-refractivity contribution in [3.63, 3.8) is 0 Å². The first-order valence-corrected chi connectivity index (χ1v) is 5.67. The molecule has 0 aliphatic carbocycles. The molecule has 2 aliphatic rings. The second kappa shape index (κ2) is 4.03. The summed E-state index contributed by atoms with van der Waals surface area (Å²) in [5.74, 6) is -0.114. The number of hydrogen-bond acceptors (Lipinski definition) is 4. The summed E-state index contributed by atoms with van der Waals surface area (Å²) < 4.78 is 0. The molecule has 4 N–H and O–H groups in total. The predicted octanol–water partition coefficient (Wildman–Crippen LogP) is -0.992. The number of nitrogens with one attached hydrogen (secondary N) is 2. The highest BCUT2D eigenvalue weighted by Crippen LogP contribution is 2.27. The summed E-state index contributed by atoms with van der Waals surface area (Å²) in [5.41, 5.74) is 4.83. The summed E-state index contributed by atoms with van der Waals surface area (Å²) in [5, 5.41) is 6.01. The number of nitrogens with zero attached hydrogens (tertiary/aromatic N) is 1. The molecule has 1 unspecified atom stereocenters. The van der Waals surface area contributed by atoms with Crippen LogP contribution in [0.2, 0.25) is 0 Å². The molecule has 0 radical (unpaired) electrons. The fourth-order valence-electron chi connectivity index (χ4n) is 2.34. The number of carbonyl (C=O) groups excluding carboxylic acids is 2. The van der Waals surface area contributed by atoms with Crippen LogP contribution in [0.15, 0.2) is 0 Å². The van der Waals surface area contributed by atoms with Gasteiger partial charge in [-0.15, -0.1) is 0 Å². The molecule has 0 aromatic heterocycles. The van der Waals surface area contributed by atoms with Crippen molar-refractivity contribution < 1.29 is 9.59 Å². The van der Waals surface area contributed by atoms with Gasteiger partial charge in [-0.2, -0.15) is 0 Å². The van der Waals surface area contributed by atoms with E-state index < -0.39 is 5.54 Å². The fourth-order valence-corrected chi connectivity index (χ4v) is 2.34. The first kappa shape index (κ1) is 11.3. The van der Waals surface area contributed by atoms with Crippen LogP contribution in [0.25, 0.3) is 0 Å². The molecule has 0 saturated carbocycles. The van der Waals surface area contributed by atoms with Gasteiger partial charge in [-0.1, -0.05) is 0 Å². The van der Waals surface area contributed by atoms with Gasteiger partial charge in [-0.25, -0.2) is 4.79 Å². The number of urea groups is 1. The molecule has 0 aromatic rings. The van der Waals surface area contributed by atoms with Crippen LogP contribution in [0.1, 0.15) is 19.8 Å².